The first-order chi connectivity index (χ1) is 12.9. The van der Waals surface area contributed by atoms with Crippen LogP contribution in [0.5, 0.6) is 0 Å². The molecule has 3 amide bonds. The van der Waals surface area contributed by atoms with E-state index < -0.39 is 11.1 Å². The molecule has 7 heteroatoms. The third kappa shape index (κ3) is 4.62. The number of imide groups is 1. The highest BCUT2D eigenvalue weighted by molar-refractivity contribution is 8.18. The van der Waals surface area contributed by atoms with E-state index in [0.717, 1.165) is 22.2 Å². The fourth-order valence-electron chi connectivity index (χ4n) is 2.49. The Morgan fingerprint density at radius 3 is 2.44 bits per heavy atom. The third-order valence-electron chi connectivity index (χ3n) is 3.98. The van der Waals surface area contributed by atoms with Gasteiger partial charge in [0.2, 0.25) is 0 Å². The fourth-order valence-corrected chi connectivity index (χ4v) is 3.36. The van der Waals surface area contributed by atoms with Crippen molar-refractivity contribution in [3.63, 3.8) is 0 Å². The van der Waals surface area contributed by atoms with Crippen LogP contribution in [-0.4, -0.2) is 35.0 Å². The van der Waals surface area contributed by atoms with Gasteiger partial charge in [0.15, 0.2) is 0 Å². The summed E-state index contributed by atoms with van der Waals surface area (Å²) in [6.07, 6.45) is 1.55. The quantitative estimate of drug-likeness (QED) is 0.800. The summed E-state index contributed by atoms with van der Waals surface area (Å²) in [5.74, 6) is -1.05. The maximum absolute atomic E-state index is 13.0. The number of carbonyl (C=O) groups is 3. The molecule has 0 aliphatic carbocycles. The molecule has 0 spiro atoms. The molecule has 2 aromatic carbocycles. The van der Waals surface area contributed by atoms with Crippen LogP contribution in [0.15, 0.2) is 53.4 Å². The first kappa shape index (κ1) is 18.8. The lowest BCUT2D eigenvalue weighted by atomic mass is 10.1. The Kier molecular flexibility index (Phi) is 5.71. The molecular weight excluding hydrogens is 367 g/mol. The van der Waals surface area contributed by atoms with Gasteiger partial charge in [-0.2, -0.15) is 0 Å². The zero-order valence-electron chi connectivity index (χ0n) is 14.6. The van der Waals surface area contributed by atoms with Gasteiger partial charge in [-0.05, 0) is 54.6 Å². The van der Waals surface area contributed by atoms with Gasteiger partial charge in [-0.3, -0.25) is 19.3 Å². The first-order valence-electron chi connectivity index (χ1n) is 8.30. The van der Waals surface area contributed by atoms with Crippen molar-refractivity contribution in [3.05, 3.63) is 75.9 Å². The number of aryl methyl sites for hydroxylation is 1. The second-order valence-electron chi connectivity index (χ2n) is 6.01. The summed E-state index contributed by atoms with van der Waals surface area (Å²) in [5, 5.41) is 2.31. The van der Waals surface area contributed by atoms with Crippen LogP contribution in [0.25, 0.3) is 6.08 Å². The summed E-state index contributed by atoms with van der Waals surface area (Å²) in [7, 11) is 0. The molecule has 0 aromatic heterocycles. The van der Waals surface area contributed by atoms with E-state index in [1.165, 1.54) is 24.3 Å². The highest BCUT2D eigenvalue weighted by atomic mass is 32.2. The number of hydrogen-bond donors (Lipinski definition) is 1. The summed E-state index contributed by atoms with van der Waals surface area (Å²) in [4.78, 5) is 37.9. The highest BCUT2D eigenvalue weighted by Gasteiger charge is 2.34. The minimum atomic E-state index is -0.418. The topological polar surface area (TPSA) is 66.5 Å². The molecule has 1 N–H and O–H groups in total. The molecule has 138 valence electrons. The van der Waals surface area contributed by atoms with E-state index in [9.17, 15) is 18.8 Å². The molecule has 5 nitrogen and oxygen atoms in total. The average molecular weight is 384 g/mol. The van der Waals surface area contributed by atoms with Gasteiger partial charge < -0.3 is 5.32 Å². The molecule has 1 heterocycles. The van der Waals surface area contributed by atoms with Crippen LogP contribution < -0.4 is 5.32 Å². The zero-order chi connectivity index (χ0) is 19.4. The Balaban J connectivity index is 1.58. The second-order valence-corrected chi connectivity index (χ2v) is 7.00. The lowest BCUT2D eigenvalue weighted by Gasteiger charge is -2.13. The Labute approximate surface area is 160 Å². The van der Waals surface area contributed by atoms with E-state index >= 15 is 0 Å². The predicted molar refractivity (Wildman–Crippen MR) is 103 cm³/mol. The molecule has 1 saturated heterocycles. The first-order valence-corrected chi connectivity index (χ1v) is 9.11. The van der Waals surface area contributed by atoms with E-state index in [1.807, 2.05) is 19.1 Å². The molecule has 1 fully saturated rings. The fraction of sp³-hybridized carbons (Fsp3) is 0.150. The van der Waals surface area contributed by atoms with Gasteiger partial charge in [0.05, 0.1) is 4.91 Å². The maximum atomic E-state index is 13.0. The second kappa shape index (κ2) is 8.18. The summed E-state index contributed by atoms with van der Waals surface area (Å²) in [6, 6.07) is 12.8. The molecule has 0 radical (unpaired) electrons. The summed E-state index contributed by atoms with van der Waals surface area (Å²) in [6.45, 7) is 2.18. The van der Waals surface area contributed by atoms with Gasteiger partial charge in [-0.15, -0.1) is 0 Å². The van der Waals surface area contributed by atoms with Crippen molar-refractivity contribution in [2.75, 3.05) is 13.1 Å². The van der Waals surface area contributed by atoms with Crippen molar-refractivity contribution in [1.82, 2.24) is 10.2 Å². The molecule has 0 bridgehead atoms. The summed E-state index contributed by atoms with van der Waals surface area (Å²) in [5.41, 5.74) is 2.21. The minimum absolute atomic E-state index is 0.0863. The molecule has 0 saturated carbocycles. The molecule has 0 unspecified atom stereocenters. The molecule has 27 heavy (non-hydrogen) atoms. The Hall–Kier alpha value is -2.93. The number of carbonyl (C=O) groups excluding carboxylic acids is 3. The summed E-state index contributed by atoms with van der Waals surface area (Å²) < 4.78 is 13.0. The SMILES string of the molecule is Cc1ccc(C(=O)NCCN2C(=O)S/C(=C/c3ccc(F)cc3)C2=O)cc1. The van der Waals surface area contributed by atoms with Crippen molar-refractivity contribution < 1.29 is 18.8 Å². The molecule has 1 aliphatic heterocycles. The average Bonchev–Trinajstić information content (AvgIpc) is 2.91. The predicted octanol–water partition coefficient (Wildman–Crippen LogP) is 3.60. The summed E-state index contributed by atoms with van der Waals surface area (Å²) >= 11 is 0.830. The monoisotopic (exact) mass is 384 g/mol. The maximum Gasteiger partial charge on any atom is 0.293 e. The van der Waals surface area contributed by atoms with Crippen molar-refractivity contribution in [1.29, 1.82) is 0 Å². The number of rotatable bonds is 5. The highest BCUT2D eigenvalue weighted by Crippen LogP contribution is 2.31. The normalized spacial score (nSPS) is 15.5. The van der Waals surface area contributed by atoms with Crippen molar-refractivity contribution in [3.8, 4) is 0 Å². The van der Waals surface area contributed by atoms with Gasteiger partial charge in [-0.25, -0.2) is 4.39 Å². The standard InChI is InChI=1S/C20H17FN2O3S/c1-13-2-6-15(7-3-13)18(24)22-10-11-23-19(25)17(27-20(23)26)12-14-4-8-16(21)9-5-14/h2-9,12H,10-11H2,1H3,(H,22,24)/b17-12+. The lowest BCUT2D eigenvalue weighted by molar-refractivity contribution is -0.122. The van der Waals surface area contributed by atoms with E-state index in [2.05, 4.69) is 5.32 Å². The van der Waals surface area contributed by atoms with Gasteiger partial charge in [-0.1, -0.05) is 29.8 Å². The number of thioether (sulfide) groups is 1. The number of benzene rings is 2. The molecule has 0 atom stereocenters. The molecular formula is C20H17FN2O3S. The van der Waals surface area contributed by atoms with Gasteiger partial charge in [0, 0.05) is 18.7 Å². The van der Waals surface area contributed by atoms with Crippen molar-refractivity contribution in [2.24, 2.45) is 0 Å². The van der Waals surface area contributed by atoms with Gasteiger partial charge in [0.1, 0.15) is 5.82 Å². The largest absolute Gasteiger partial charge is 0.350 e. The van der Waals surface area contributed by atoms with Crippen LogP contribution >= 0.6 is 11.8 Å². The van der Waals surface area contributed by atoms with Gasteiger partial charge >= 0.3 is 0 Å². The number of nitrogens with zero attached hydrogens (tertiary/aromatic N) is 1. The number of amides is 3. The Morgan fingerprint density at radius 1 is 1.11 bits per heavy atom. The van der Waals surface area contributed by atoms with Crippen LogP contribution in [0.4, 0.5) is 9.18 Å². The third-order valence-corrected chi connectivity index (χ3v) is 4.88. The molecule has 2 aromatic rings. The van der Waals surface area contributed by atoms with Crippen LogP contribution in [0, 0.1) is 12.7 Å². The smallest absolute Gasteiger partial charge is 0.293 e. The molecule has 1 aliphatic rings. The Morgan fingerprint density at radius 2 is 1.78 bits per heavy atom. The molecule has 3 rings (SSSR count). The zero-order valence-corrected chi connectivity index (χ0v) is 15.4. The van der Waals surface area contributed by atoms with Crippen molar-refractivity contribution >= 4 is 34.9 Å². The van der Waals surface area contributed by atoms with Crippen molar-refractivity contribution in [2.45, 2.75) is 6.92 Å². The van der Waals surface area contributed by atoms with Crippen LogP contribution in [0.3, 0.4) is 0 Å². The van der Waals surface area contributed by atoms with Crippen LogP contribution in [-0.2, 0) is 4.79 Å². The van der Waals surface area contributed by atoms with E-state index in [4.69, 9.17) is 0 Å². The number of halogens is 1. The number of nitrogens with one attached hydrogen (secondary N) is 1. The lowest BCUT2D eigenvalue weighted by Crippen LogP contribution is -2.37. The van der Waals surface area contributed by atoms with E-state index in [-0.39, 0.29) is 29.7 Å². The minimum Gasteiger partial charge on any atom is -0.350 e. The van der Waals surface area contributed by atoms with Crippen LogP contribution in [0.2, 0.25) is 0 Å². The van der Waals surface area contributed by atoms with Crippen LogP contribution in [0.1, 0.15) is 21.5 Å². The number of hydrogen-bond acceptors (Lipinski definition) is 4. The van der Waals surface area contributed by atoms with Gasteiger partial charge in [0.25, 0.3) is 17.1 Å². The van der Waals surface area contributed by atoms with E-state index in [0.29, 0.717) is 11.1 Å². The Bertz CT molecular complexity index is 908. The van der Waals surface area contributed by atoms with E-state index in [1.54, 1.807) is 18.2 Å².